The van der Waals surface area contributed by atoms with Crippen LogP contribution in [-0.2, 0) is 5.75 Å². The Morgan fingerprint density at radius 3 is 2.56 bits per heavy atom. The van der Waals surface area contributed by atoms with Gasteiger partial charge in [-0.2, -0.15) is 11.8 Å². The fourth-order valence-electron chi connectivity index (χ4n) is 1.19. The monoisotopic (exact) mass is 239 g/mol. The normalized spacial score (nSPS) is 12.4. The van der Waals surface area contributed by atoms with Gasteiger partial charge in [0.1, 0.15) is 0 Å². The molecule has 0 fully saturated rings. The molecule has 1 atom stereocenters. The highest BCUT2D eigenvalue weighted by molar-refractivity contribution is 7.98. The number of rotatable bonds is 6. The van der Waals surface area contributed by atoms with Crippen LogP contribution < -0.4 is 5.73 Å². The summed E-state index contributed by atoms with van der Waals surface area (Å²) in [6.45, 7) is 2.08. The van der Waals surface area contributed by atoms with E-state index in [0.29, 0.717) is 5.56 Å². The Bertz CT molecular complexity index is 337. The van der Waals surface area contributed by atoms with Crippen LogP contribution in [0.15, 0.2) is 24.3 Å². The third-order valence-electron chi connectivity index (χ3n) is 2.33. The summed E-state index contributed by atoms with van der Waals surface area (Å²) < 4.78 is 0. The first-order chi connectivity index (χ1) is 7.63. The molecule has 1 aromatic rings. The lowest BCUT2D eigenvalue weighted by Crippen LogP contribution is -2.21. The highest BCUT2D eigenvalue weighted by Gasteiger charge is 2.03. The molecule has 1 aromatic carbocycles. The van der Waals surface area contributed by atoms with Crippen LogP contribution in [0.2, 0.25) is 0 Å². The summed E-state index contributed by atoms with van der Waals surface area (Å²) in [5, 5.41) is 8.73. The van der Waals surface area contributed by atoms with Crippen LogP contribution in [0.5, 0.6) is 0 Å². The molecule has 0 amide bonds. The van der Waals surface area contributed by atoms with Crippen LogP contribution in [0.4, 0.5) is 0 Å². The van der Waals surface area contributed by atoms with Gasteiger partial charge in [0.05, 0.1) is 5.56 Å². The SMILES string of the molecule is CCC(N)CSCc1ccc(C(=O)O)cc1. The van der Waals surface area contributed by atoms with Crippen LogP contribution >= 0.6 is 11.8 Å². The van der Waals surface area contributed by atoms with Gasteiger partial charge in [-0.3, -0.25) is 0 Å². The van der Waals surface area contributed by atoms with Crippen molar-refractivity contribution in [1.29, 1.82) is 0 Å². The van der Waals surface area contributed by atoms with Crippen molar-refractivity contribution in [2.45, 2.75) is 25.1 Å². The molecule has 0 radical (unpaired) electrons. The van der Waals surface area contributed by atoms with E-state index in [9.17, 15) is 4.79 Å². The van der Waals surface area contributed by atoms with Crippen molar-refractivity contribution >= 4 is 17.7 Å². The summed E-state index contributed by atoms with van der Waals surface area (Å²) in [6.07, 6.45) is 0.991. The molecule has 0 saturated carbocycles. The van der Waals surface area contributed by atoms with E-state index in [1.807, 2.05) is 12.1 Å². The van der Waals surface area contributed by atoms with Crippen molar-refractivity contribution in [2.24, 2.45) is 5.73 Å². The van der Waals surface area contributed by atoms with E-state index in [1.165, 1.54) is 0 Å². The maximum atomic E-state index is 10.6. The largest absolute Gasteiger partial charge is 0.478 e. The molecule has 3 N–H and O–H groups in total. The van der Waals surface area contributed by atoms with E-state index in [0.717, 1.165) is 23.5 Å². The summed E-state index contributed by atoms with van der Waals surface area (Å²) in [5.74, 6) is 0.942. The molecule has 3 nitrogen and oxygen atoms in total. The summed E-state index contributed by atoms with van der Waals surface area (Å²) in [6, 6.07) is 7.24. The molecule has 0 spiro atoms. The second-order valence-electron chi connectivity index (χ2n) is 3.69. The number of carboxylic acid groups (broad SMARTS) is 1. The smallest absolute Gasteiger partial charge is 0.335 e. The number of carbonyl (C=O) groups is 1. The lowest BCUT2D eigenvalue weighted by atomic mass is 10.1. The third kappa shape index (κ3) is 4.24. The number of carboxylic acids is 1. The molecule has 4 heteroatoms. The average Bonchev–Trinajstić information content (AvgIpc) is 2.29. The molecule has 1 rings (SSSR count). The lowest BCUT2D eigenvalue weighted by Gasteiger charge is -2.07. The number of thioether (sulfide) groups is 1. The van der Waals surface area contributed by atoms with Crippen LogP contribution in [0, 0.1) is 0 Å². The second kappa shape index (κ2) is 6.55. The first-order valence-electron chi connectivity index (χ1n) is 5.29. The standard InChI is InChI=1S/C12H17NO2S/c1-2-11(13)8-16-7-9-3-5-10(6-4-9)12(14)15/h3-6,11H,2,7-8,13H2,1H3,(H,14,15). The fourth-order valence-corrected chi connectivity index (χ4v) is 2.27. The first kappa shape index (κ1) is 13.1. The summed E-state index contributed by atoms with van der Waals surface area (Å²) in [4.78, 5) is 10.6. The van der Waals surface area contributed by atoms with Crippen LogP contribution in [0.25, 0.3) is 0 Å². The zero-order chi connectivity index (χ0) is 12.0. The molecular formula is C12H17NO2S. The molecule has 0 aliphatic carbocycles. The molecule has 0 heterocycles. The Morgan fingerprint density at radius 1 is 1.44 bits per heavy atom. The third-order valence-corrected chi connectivity index (χ3v) is 3.53. The van der Waals surface area contributed by atoms with Crippen LogP contribution in [0.3, 0.4) is 0 Å². The molecule has 16 heavy (non-hydrogen) atoms. The maximum absolute atomic E-state index is 10.6. The zero-order valence-corrected chi connectivity index (χ0v) is 10.2. The van der Waals surface area contributed by atoms with E-state index < -0.39 is 5.97 Å². The molecule has 0 saturated heterocycles. The molecule has 0 aromatic heterocycles. The molecule has 0 bridgehead atoms. The van der Waals surface area contributed by atoms with Crippen molar-refractivity contribution in [3.8, 4) is 0 Å². The maximum Gasteiger partial charge on any atom is 0.335 e. The first-order valence-corrected chi connectivity index (χ1v) is 6.44. The van der Waals surface area contributed by atoms with Crippen LogP contribution in [-0.4, -0.2) is 22.9 Å². The minimum Gasteiger partial charge on any atom is -0.478 e. The Morgan fingerprint density at radius 2 is 2.06 bits per heavy atom. The molecular weight excluding hydrogens is 222 g/mol. The number of hydrogen-bond donors (Lipinski definition) is 2. The minimum absolute atomic E-state index is 0.253. The number of aromatic carboxylic acids is 1. The zero-order valence-electron chi connectivity index (χ0n) is 9.35. The second-order valence-corrected chi connectivity index (χ2v) is 4.72. The molecule has 1 unspecified atom stereocenters. The van der Waals surface area contributed by atoms with Crippen molar-refractivity contribution < 1.29 is 9.90 Å². The van der Waals surface area contributed by atoms with Gasteiger partial charge in [-0.1, -0.05) is 19.1 Å². The van der Waals surface area contributed by atoms with Crippen molar-refractivity contribution in [3.63, 3.8) is 0 Å². The quantitative estimate of drug-likeness (QED) is 0.800. The van der Waals surface area contributed by atoms with Gasteiger partial charge in [-0.05, 0) is 24.1 Å². The Kier molecular flexibility index (Phi) is 5.35. The van der Waals surface area contributed by atoms with Gasteiger partial charge in [0.25, 0.3) is 0 Å². The number of nitrogens with two attached hydrogens (primary N) is 1. The van der Waals surface area contributed by atoms with Crippen LogP contribution in [0.1, 0.15) is 29.3 Å². The van der Waals surface area contributed by atoms with Gasteiger partial charge in [-0.25, -0.2) is 4.79 Å². The fraction of sp³-hybridized carbons (Fsp3) is 0.417. The van der Waals surface area contributed by atoms with Gasteiger partial charge >= 0.3 is 5.97 Å². The summed E-state index contributed by atoms with van der Waals surface area (Å²) in [5.41, 5.74) is 7.27. The highest BCUT2D eigenvalue weighted by Crippen LogP contribution is 2.14. The minimum atomic E-state index is -0.882. The lowest BCUT2D eigenvalue weighted by molar-refractivity contribution is 0.0697. The van der Waals surface area contributed by atoms with E-state index >= 15 is 0 Å². The highest BCUT2D eigenvalue weighted by atomic mass is 32.2. The van der Waals surface area contributed by atoms with E-state index in [-0.39, 0.29) is 6.04 Å². The van der Waals surface area contributed by atoms with Crippen molar-refractivity contribution in [2.75, 3.05) is 5.75 Å². The Balaban J connectivity index is 2.40. The Labute approximate surface area is 100 Å². The summed E-state index contributed by atoms with van der Waals surface area (Å²) >= 11 is 1.78. The predicted molar refractivity (Wildman–Crippen MR) is 67.8 cm³/mol. The van der Waals surface area contributed by atoms with Gasteiger partial charge < -0.3 is 10.8 Å². The van der Waals surface area contributed by atoms with Gasteiger partial charge in [0.2, 0.25) is 0 Å². The topological polar surface area (TPSA) is 63.3 Å². The molecule has 0 aliphatic heterocycles. The van der Waals surface area contributed by atoms with E-state index in [2.05, 4.69) is 6.92 Å². The van der Waals surface area contributed by atoms with Crippen molar-refractivity contribution in [1.82, 2.24) is 0 Å². The average molecular weight is 239 g/mol. The molecule has 0 aliphatic rings. The summed E-state index contributed by atoms with van der Waals surface area (Å²) in [7, 11) is 0. The number of benzene rings is 1. The van der Waals surface area contributed by atoms with Gasteiger partial charge in [0, 0.05) is 17.5 Å². The Hall–Kier alpha value is -1.00. The molecule has 88 valence electrons. The van der Waals surface area contributed by atoms with Gasteiger partial charge in [-0.15, -0.1) is 0 Å². The van der Waals surface area contributed by atoms with Gasteiger partial charge in [0.15, 0.2) is 0 Å². The van der Waals surface area contributed by atoms with E-state index in [4.69, 9.17) is 10.8 Å². The predicted octanol–water partition coefficient (Wildman–Crippen LogP) is 2.36. The van der Waals surface area contributed by atoms with E-state index in [1.54, 1.807) is 23.9 Å². The van der Waals surface area contributed by atoms with Crippen molar-refractivity contribution in [3.05, 3.63) is 35.4 Å². The number of hydrogen-bond acceptors (Lipinski definition) is 3.